The zero-order valence-electron chi connectivity index (χ0n) is 10.4. The molecule has 1 aromatic rings. The summed E-state index contributed by atoms with van der Waals surface area (Å²) in [7, 11) is 0. The first-order valence-electron chi connectivity index (χ1n) is 6.11. The van der Waals surface area contributed by atoms with E-state index in [2.05, 4.69) is 0 Å². The molecule has 1 aromatic carbocycles. The van der Waals surface area contributed by atoms with Crippen LogP contribution in [0.2, 0.25) is 0 Å². The number of nitrogens with two attached hydrogens (primary N) is 1. The van der Waals surface area contributed by atoms with Crippen molar-refractivity contribution in [3.05, 3.63) is 35.4 Å². The highest BCUT2D eigenvalue weighted by atomic mass is 16.5. The number of carbonyl (C=O) groups is 1. The maximum absolute atomic E-state index is 11.7. The van der Waals surface area contributed by atoms with E-state index in [1.54, 1.807) is 0 Å². The van der Waals surface area contributed by atoms with E-state index in [-0.39, 0.29) is 12.4 Å². The van der Waals surface area contributed by atoms with E-state index in [1.165, 1.54) is 0 Å². The molecule has 0 aliphatic rings. The summed E-state index contributed by atoms with van der Waals surface area (Å²) in [6.45, 7) is 3.54. The molecule has 3 nitrogen and oxygen atoms in total. The molecule has 1 rings (SSSR count). The van der Waals surface area contributed by atoms with Crippen molar-refractivity contribution in [1.29, 1.82) is 0 Å². The van der Waals surface area contributed by atoms with Gasteiger partial charge in [-0.2, -0.15) is 0 Å². The molecule has 0 heterocycles. The van der Waals surface area contributed by atoms with Gasteiger partial charge in [-0.15, -0.1) is 0 Å². The molecule has 0 saturated heterocycles. The quantitative estimate of drug-likeness (QED) is 0.555. The first kappa shape index (κ1) is 13.9. The fraction of sp³-hybridized carbons (Fsp3) is 0.500. The Kier molecular flexibility index (Phi) is 6.51. The van der Waals surface area contributed by atoms with Crippen molar-refractivity contribution < 1.29 is 9.53 Å². The lowest BCUT2D eigenvalue weighted by Gasteiger charge is -2.04. The van der Waals surface area contributed by atoms with Gasteiger partial charge in [-0.1, -0.05) is 29.8 Å². The van der Waals surface area contributed by atoms with Gasteiger partial charge in [0.25, 0.3) is 0 Å². The van der Waals surface area contributed by atoms with Gasteiger partial charge in [0.05, 0.1) is 0 Å². The van der Waals surface area contributed by atoms with Gasteiger partial charge < -0.3 is 10.5 Å². The van der Waals surface area contributed by atoms with Crippen LogP contribution in [-0.2, 0) is 4.74 Å². The smallest absolute Gasteiger partial charge is 0.188 e. The molecule has 2 N–H and O–H groups in total. The van der Waals surface area contributed by atoms with Crippen molar-refractivity contribution >= 4 is 5.78 Å². The zero-order chi connectivity index (χ0) is 12.5. The summed E-state index contributed by atoms with van der Waals surface area (Å²) in [6, 6.07) is 7.56. The van der Waals surface area contributed by atoms with E-state index in [4.69, 9.17) is 10.5 Å². The first-order chi connectivity index (χ1) is 8.24. The first-order valence-corrected chi connectivity index (χ1v) is 6.11. The Balaban J connectivity index is 2.19. The van der Waals surface area contributed by atoms with Gasteiger partial charge in [0.15, 0.2) is 5.78 Å². The van der Waals surface area contributed by atoms with Gasteiger partial charge in [-0.05, 0) is 32.7 Å². The van der Waals surface area contributed by atoms with Gasteiger partial charge in [0, 0.05) is 12.2 Å². The van der Waals surface area contributed by atoms with Crippen LogP contribution in [0.25, 0.3) is 0 Å². The van der Waals surface area contributed by atoms with E-state index in [0.717, 1.165) is 36.9 Å². The number of aryl methyl sites for hydroxylation is 1. The summed E-state index contributed by atoms with van der Waals surface area (Å²) >= 11 is 0. The standard InChI is InChI=1S/C14H21NO2/c1-12-5-7-13(8-6-12)14(16)11-17-10-4-2-3-9-15/h5-8H,2-4,9-11,15H2,1H3. The molecule has 0 aromatic heterocycles. The molecular formula is C14H21NO2. The minimum Gasteiger partial charge on any atom is -0.373 e. The van der Waals surface area contributed by atoms with Gasteiger partial charge in [-0.25, -0.2) is 0 Å². The van der Waals surface area contributed by atoms with Crippen molar-refractivity contribution in [2.45, 2.75) is 26.2 Å². The van der Waals surface area contributed by atoms with E-state index < -0.39 is 0 Å². The lowest BCUT2D eigenvalue weighted by molar-refractivity contribution is 0.0752. The molecule has 0 radical (unpaired) electrons. The minimum atomic E-state index is 0.0452. The monoisotopic (exact) mass is 235 g/mol. The fourth-order valence-corrected chi connectivity index (χ4v) is 1.51. The molecular weight excluding hydrogens is 214 g/mol. The molecule has 0 spiro atoms. The average molecular weight is 235 g/mol. The molecule has 0 unspecified atom stereocenters. The van der Waals surface area contributed by atoms with Crippen LogP contribution in [0.1, 0.15) is 35.2 Å². The molecule has 0 amide bonds. The van der Waals surface area contributed by atoms with E-state index in [0.29, 0.717) is 6.61 Å². The number of carbonyl (C=O) groups excluding carboxylic acids is 1. The number of rotatable bonds is 8. The van der Waals surface area contributed by atoms with Crippen molar-refractivity contribution in [1.82, 2.24) is 0 Å². The Hall–Kier alpha value is -1.19. The Morgan fingerprint density at radius 1 is 1.18 bits per heavy atom. The van der Waals surface area contributed by atoms with Crippen LogP contribution in [0.5, 0.6) is 0 Å². The highest BCUT2D eigenvalue weighted by Gasteiger charge is 2.04. The molecule has 3 heteroatoms. The normalized spacial score (nSPS) is 10.5. The van der Waals surface area contributed by atoms with Gasteiger partial charge in [0.1, 0.15) is 6.61 Å². The second-order valence-corrected chi connectivity index (χ2v) is 4.19. The maximum Gasteiger partial charge on any atom is 0.188 e. The number of benzene rings is 1. The molecule has 94 valence electrons. The summed E-state index contributed by atoms with van der Waals surface area (Å²) in [5, 5.41) is 0. The number of hydrogen-bond donors (Lipinski definition) is 1. The number of Topliss-reactive ketones (excluding diaryl/α,β-unsaturated/α-hetero) is 1. The Bertz CT molecular complexity index is 333. The molecule has 0 aliphatic heterocycles. The Morgan fingerprint density at radius 2 is 1.88 bits per heavy atom. The fourth-order valence-electron chi connectivity index (χ4n) is 1.51. The van der Waals surface area contributed by atoms with Gasteiger partial charge >= 0.3 is 0 Å². The molecule has 0 aliphatic carbocycles. The summed E-state index contributed by atoms with van der Waals surface area (Å²) in [5.41, 5.74) is 7.26. The third-order valence-electron chi connectivity index (χ3n) is 2.60. The Morgan fingerprint density at radius 3 is 2.53 bits per heavy atom. The second kappa shape index (κ2) is 7.98. The lowest BCUT2D eigenvalue weighted by atomic mass is 10.1. The van der Waals surface area contributed by atoms with Crippen molar-refractivity contribution in [2.75, 3.05) is 19.8 Å². The molecule has 0 bridgehead atoms. The van der Waals surface area contributed by atoms with Crippen LogP contribution in [-0.4, -0.2) is 25.5 Å². The SMILES string of the molecule is Cc1ccc(C(=O)COCCCCCN)cc1. The summed E-state index contributed by atoms with van der Waals surface area (Å²) in [6.07, 6.45) is 3.06. The topological polar surface area (TPSA) is 52.3 Å². The van der Waals surface area contributed by atoms with Crippen molar-refractivity contribution in [3.8, 4) is 0 Å². The third kappa shape index (κ3) is 5.61. The number of hydrogen-bond acceptors (Lipinski definition) is 3. The zero-order valence-corrected chi connectivity index (χ0v) is 10.4. The van der Waals surface area contributed by atoms with Crippen LogP contribution in [0, 0.1) is 6.92 Å². The average Bonchev–Trinajstić information content (AvgIpc) is 2.34. The van der Waals surface area contributed by atoms with E-state index >= 15 is 0 Å². The molecule has 0 fully saturated rings. The van der Waals surface area contributed by atoms with Gasteiger partial charge in [-0.3, -0.25) is 4.79 Å². The molecule has 17 heavy (non-hydrogen) atoms. The molecule has 0 atom stereocenters. The largest absolute Gasteiger partial charge is 0.373 e. The van der Waals surface area contributed by atoms with Crippen molar-refractivity contribution in [3.63, 3.8) is 0 Å². The predicted octanol–water partition coefficient (Wildman–Crippen LogP) is 2.32. The number of unbranched alkanes of at least 4 members (excludes halogenated alkanes) is 2. The van der Waals surface area contributed by atoms with Gasteiger partial charge in [0.2, 0.25) is 0 Å². The highest BCUT2D eigenvalue weighted by molar-refractivity contribution is 5.97. The van der Waals surface area contributed by atoms with Crippen LogP contribution in [0.4, 0.5) is 0 Å². The highest BCUT2D eigenvalue weighted by Crippen LogP contribution is 2.04. The predicted molar refractivity (Wildman–Crippen MR) is 69.2 cm³/mol. The summed E-state index contributed by atoms with van der Waals surface area (Å²) in [5.74, 6) is 0.0452. The Labute approximate surface area is 103 Å². The van der Waals surface area contributed by atoms with Crippen LogP contribution < -0.4 is 5.73 Å². The number of ether oxygens (including phenoxy) is 1. The maximum atomic E-state index is 11.7. The summed E-state index contributed by atoms with van der Waals surface area (Å²) < 4.78 is 5.34. The third-order valence-corrected chi connectivity index (χ3v) is 2.60. The number of ketones is 1. The lowest BCUT2D eigenvalue weighted by Crippen LogP contribution is -2.10. The minimum absolute atomic E-state index is 0.0452. The molecule has 0 saturated carbocycles. The van der Waals surface area contributed by atoms with Crippen LogP contribution in [0.3, 0.4) is 0 Å². The van der Waals surface area contributed by atoms with Crippen LogP contribution in [0.15, 0.2) is 24.3 Å². The second-order valence-electron chi connectivity index (χ2n) is 4.19. The van der Waals surface area contributed by atoms with E-state index in [1.807, 2.05) is 31.2 Å². The van der Waals surface area contributed by atoms with Crippen LogP contribution >= 0.6 is 0 Å². The summed E-state index contributed by atoms with van der Waals surface area (Å²) in [4.78, 5) is 11.7. The van der Waals surface area contributed by atoms with Crippen molar-refractivity contribution in [2.24, 2.45) is 5.73 Å². The van der Waals surface area contributed by atoms with E-state index in [9.17, 15) is 4.79 Å².